The van der Waals surface area contributed by atoms with Crippen LogP contribution in [0.1, 0.15) is 48.2 Å². The van der Waals surface area contributed by atoms with Crippen molar-refractivity contribution < 1.29 is 19.1 Å². The molecule has 3 aromatic rings. The molecule has 3 heterocycles. The molecule has 1 spiro atoms. The Labute approximate surface area is 223 Å². The number of rotatable bonds is 3. The summed E-state index contributed by atoms with van der Waals surface area (Å²) in [5.41, 5.74) is 0.917. The normalized spacial score (nSPS) is 20.8. The summed E-state index contributed by atoms with van der Waals surface area (Å²) in [6, 6.07) is 17.7. The molecule has 0 N–H and O–H groups in total. The molecule has 1 saturated heterocycles. The summed E-state index contributed by atoms with van der Waals surface area (Å²) in [5, 5.41) is 4.51. The van der Waals surface area contributed by atoms with Gasteiger partial charge in [0.2, 0.25) is 5.82 Å². The first-order chi connectivity index (χ1) is 18.5. The number of para-hydroxylation sites is 2. The van der Waals surface area contributed by atoms with Crippen LogP contribution in [0, 0.1) is 6.92 Å². The minimum absolute atomic E-state index is 0.0890. The largest absolute Gasteiger partial charge is 0.491 e. The molecule has 1 aromatic heterocycles. The number of carbonyl (C=O) groups is 2. The molecule has 5 rings (SSSR count). The van der Waals surface area contributed by atoms with Crippen LogP contribution in [-0.4, -0.2) is 81.4 Å². The topological polar surface area (TPSA) is 89.8 Å². The van der Waals surface area contributed by atoms with E-state index in [9.17, 15) is 9.59 Å². The molecule has 2 amide bonds. The third-order valence-corrected chi connectivity index (χ3v) is 7.36. The first-order valence-corrected chi connectivity index (χ1v) is 13.4. The Hall–Kier alpha value is -3.72. The maximum atomic E-state index is 13.9. The van der Waals surface area contributed by atoms with E-state index in [1.165, 1.54) is 5.56 Å². The van der Waals surface area contributed by atoms with E-state index in [1.807, 2.05) is 62.4 Å². The average Bonchev–Trinajstić information content (AvgIpc) is 3.35. The van der Waals surface area contributed by atoms with E-state index in [2.05, 4.69) is 16.1 Å². The Kier molecular flexibility index (Phi) is 7.74. The molecule has 2 aliphatic heterocycles. The van der Waals surface area contributed by atoms with E-state index in [-0.39, 0.29) is 30.8 Å². The summed E-state index contributed by atoms with van der Waals surface area (Å²) in [6.07, 6.45) is 3.08. The molecule has 0 radical (unpaired) electrons. The second-order valence-electron chi connectivity index (χ2n) is 9.85. The highest BCUT2D eigenvalue weighted by atomic mass is 16.5. The van der Waals surface area contributed by atoms with Crippen LogP contribution >= 0.6 is 0 Å². The number of hydrogen-bond acceptors (Lipinski definition) is 6. The van der Waals surface area contributed by atoms with Gasteiger partial charge in [0.15, 0.2) is 5.60 Å². The highest BCUT2D eigenvalue weighted by Crippen LogP contribution is 2.30. The van der Waals surface area contributed by atoms with Crippen LogP contribution < -0.4 is 4.74 Å². The van der Waals surface area contributed by atoms with Gasteiger partial charge in [-0.2, -0.15) is 0 Å². The van der Waals surface area contributed by atoms with Crippen LogP contribution in [0.5, 0.6) is 5.75 Å². The minimum Gasteiger partial charge on any atom is -0.491 e. The van der Waals surface area contributed by atoms with Crippen molar-refractivity contribution in [2.24, 2.45) is 0 Å². The van der Waals surface area contributed by atoms with Crippen molar-refractivity contribution in [3.05, 3.63) is 71.8 Å². The van der Waals surface area contributed by atoms with Crippen molar-refractivity contribution in [1.82, 2.24) is 24.6 Å². The summed E-state index contributed by atoms with van der Waals surface area (Å²) in [7, 11) is 0. The van der Waals surface area contributed by atoms with E-state index in [0.29, 0.717) is 38.5 Å². The first-order valence-electron chi connectivity index (χ1n) is 13.4. The molecule has 9 heteroatoms. The zero-order valence-electron chi connectivity index (χ0n) is 22.1. The molecule has 1 unspecified atom stereocenters. The summed E-state index contributed by atoms with van der Waals surface area (Å²) >= 11 is 0. The van der Waals surface area contributed by atoms with Crippen LogP contribution in [0.3, 0.4) is 0 Å². The van der Waals surface area contributed by atoms with Crippen LogP contribution in [-0.2, 0) is 16.0 Å². The Bertz CT molecular complexity index is 1280. The third kappa shape index (κ3) is 5.29. The lowest BCUT2D eigenvalue weighted by Gasteiger charge is -2.43. The Morgan fingerprint density at radius 2 is 1.82 bits per heavy atom. The Morgan fingerprint density at radius 3 is 2.63 bits per heavy atom. The number of nitrogens with zero attached hydrogens (tertiary/aromatic N) is 5. The molecule has 1 atom stereocenters. The Balaban J connectivity index is 1.37. The van der Waals surface area contributed by atoms with Gasteiger partial charge in [-0.25, -0.2) is 9.67 Å². The summed E-state index contributed by atoms with van der Waals surface area (Å²) in [4.78, 5) is 35.4. The van der Waals surface area contributed by atoms with Gasteiger partial charge < -0.3 is 19.3 Å². The van der Waals surface area contributed by atoms with E-state index >= 15 is 0 Å². The van der Waals surface area contributed by atoms with Crippen LogP contribution in [0.4, 0.5) is 0 Å². The number of ether oxygens (including phenoxy) is 2. The molecule has 38 heavy (non-hydrogen) atoms. The van der Waals surface area contributed by atoms with Gasteiger partial charge in [-0.05, 0) is 63.3 Å². The Morgan fingerprint density at radius 1 is 1.03 bits per heavy atom. The van der Waals surface area contributed by atoms with Crippen LogP contribution in [0.15, 0.2) is 54.6 Å². The van der Waals surface area contributed by atoms with Crippen molar-refractivity contribution in [1.29, 1.82) is 0 Å². The third-order valence-electron chi connectivity index (χ3n) is 7.36. The fraction of sp³-hybridized carbons (Fsp3) is 0.448. The lowest BCUT2D eigenvalue weighted by Crippen LogP contribution is -2.62. The SMILES string of the molecule is CCN1CCOc2ccccc2CCCCC2(CN(C(=O)c3nc(C)n(-c4ccccc4)n3)CCO2)C1=O. The van der Waals surface area contributed by atoms with Gasteiger partial charge in [-0.3, -0.25) is 9.59 Å². The maximum Gasteiger partial charge on any atom is 0.293 e. The number of hydrogen-bond donors (Lipinski definition) is 0. The molecule has 200 valence electrons. The highest BCUT2D eigenvalue weighted by molar-refractivity contribution is 5.92. The van der Waals surface area contributed by atoms with E-state index in [0.717, 1.165) is 30.7 Å². The molecule has 0 aliphatic carbocycles. The molecule has 2 aromatic carbocycles. The summed E-state index contributed by atoms with van der Waals surface area (Å²) in [6.45, 7) is 6.01. The first kappa shape index (κ1) is 25.9. The van der Waals surface area contributed by atoms with Crippen LogP contribution in [0.25, 0.3) is 5.69 Å². The van der Waals surface area contributed by atoms with E-state index in [1.54, 1.807) is 14.5 Å². The predicted octanol–water partition coefficient (Wildman–Crippen LogP) is 3.44. The molecule has 0 bridgehead atoms. The number of aromatic nitrogens is 3. The number of benzene rings is 2. The van der Waals surface area contributed by atoms with Gasteiger partial charge in [0.1, 0.15) is 18.2 Å². The monoisotopic (exact) mass is 517 g/mol. The smallest absolute Gasteiger partial charge is 0.293 e. The van der Waals surface area contributed by atoms with Gasteiger partial charge in [-0.15, -0.1) is 5.10 Å². The van der Waals surface area contributed by atoms with Gasteiger partial charge in [0.25, 0.3) is 11.8 Å². The number of morpholine rings is 1. The number of amides is 2. The number of carbonyl (C=O) groups excluding carboxylic acids is 2. The van der Waals surface area contributed by atoms with Gasteiger partial charge in [0, 0.05) is 13.1 Å². The summed E-state index contributed by atoms with van der Waals surface area (Å²) < 4.78 is 14.0. The van der Waals surface area contributed by atoms with Gasteiger partial charge in [-0.1, -0.05) is 36.4 Å². The van der Waals surface area contributed by atoms with Crippen molar-refractivity contribution in [2.45, 2.75) is 45.1 Å². The lowest BCUT2D eigenvalue weighted by atomic mass is 9.91. The second kappa shape index (κ2) is 11.3. The van der Waals surface area contributed by atoms with E-state index < -0.39 is 5.60 Å². The predicted molar refractivity (Wildman–Crippen MR) is 142 cm³/mol. The van der Waals surface area contributed by atoms with E-state index in [4.69, 9.17) is 9.47 Å². The number of likely N-dealkylation sites (N-methyl/N-ethyl adjacent to an activating group) is 1. The van der Waals surface area contributed by atoms with Gasteiger partial charge >= 0.3 is 0 Å². The van der Waals surface area contributed by atoms with Crippen molar-refractivity contribution in [2.75, 3.05) is 39.4 Å². The fourth-order valence-electron chi connectivity index (χ4n) is 5.32. The lowest BCUT2D eigenvalue weighted by molar-refractivity contribution is -0.170. The highest BCUT2D eigenvalue weighted by Gasteiger charge is 2.47. The maximum absolute atomic E-state index is 13.9. The zero-order valence-corrected chi connectivity index (χ0v) is 22.1. The molecular formula is C29H35N5O4. The van der Waals surface area contributed by atoms with Crippen LogP contribution in [0.2, 0.25) is 0 Å². The molecule has 2 aliphatic rings. The molecule has 0 saturated carbocycles. The standard InChI is InChI=1S/C29H35N5O4/c1-3-32-17-19-37-25-15-8-7-11-23(25)12-9-10-16-29(28(32)36)21-33(18-20-38-29)27(35)26-30-22(2)34(31-26)24-13-5-4-6-14-24/h4-8,11,13-15H,3,9-10,12,16-21H2,1-2H3. The van der Waals surface area contributed by atoms with Crippen molar-refractivity contribution in [3.8, 4) is 11.4 Å². The molecule has 9 nitrogen and oxygen atoms in total. The summed E-state index contributed by atoms with van der Waals surface area (Å²) in [5.74, 6) is 1.26. The average molecular weight is 518 g/mol. The van der Waals surface area contributed by atoms with Gasteiger partial charge in [0.05, 0.1) is 25.4 Å². The minimum atomic E-state index is -1.10. The van der Waals surface area contributed by atoms with Crippen molar-refractivity contribution in [3.63, 3.8) is 0 Å². The number of fused-ring (bicyclic) bond motifs is 1. The fourth-order valence-corrected chi connectivity index (χ4v) is 5.32. The quantitative estimate of drug-likeness (QED) is 0.529. The zero-order chi connectivity index (χ0) is 26.5. The second-order valence-corrected chi connectivity index (χ2v) is 9.85. The molecule has 1 fully saturated rings. The van der Waals surface area contributed by atoms with Crippen molar-refractivity contribution >= 4 is 11.8 Å². The number of aryl methyl sites for hydroxylation is 2. The molecular weight excluding hydrogens is 482 g/mol.